The summed E-state index contributed by atoms with van der Waals surface area (Å²) in [5, 5.41) is 7.24. The number of imidazole rings is 1. The third kappa shape index (κ3) is 3.49. The van der Waals surface area contributed by atoms with Crippen LogP contribution in [0.4, 0.5) is 5.95 Å². The predicted molar refractivity (Wildman–Crippen MR) is 107 cm³/mol. The summed E-state index contributed by atoms with van der Waals surface area (Å²) in [6.45, 7) is 9.06. The molecule has 8 nitrogen and oxygen atoms in total. The van der Waals surface area contributed by atoms with E-state index in [2.05, 4.69) is 22.3 Å². The van der Waals surface area contributed by atoms with Crippen LogP contribution in [0.3, 0.4) is 0 Å². The quantitative estimate of drug-likeness (QED) is 0.660. The number of fused-ring (bicyclic) bond motifs is 1. The number of benzene rings is 1. The van der Waals surface area contributed by atoms with Gasteiger partial charge in [0, 0.05) is 13.1 Å². The third-order valence-corrected chi connectivity index (χ3v) is 4.56. The Morgan fingerprint density at radius 2 is 1.93 bits per heavy atom. The lowest BCUT2D eigenvalue weighted by Gasteiger charge is -2.11. The van der Waals surface area contributed by atoms with Gasteiger partial charge in [-0.25, -0.2) is 9.78 Å². The molecule has 3 aromatic rings. The largest absolute Gasteiger partial charge is 0.465 e. The molecule has 0 radical (unpaired) electrons. The molecule has 0 aliphatic heterocycles. The highest BCUT2D eigenvalue weighted by Crippen LogP contribution is 2.26. The lowest BCUT2D eigenvalue weighted by molar-refractivity contribution is 0.0600. The van der Waals surface area contributed by atoms with Crippen molar-refractivity contribution in [3.05, 3.63) is 40.7 Å². The van der Waals surface area contributed by atoms with Gasteiger partial charge in [0.15, 0.2) is 0 Å². The van der Waals surface area contributed by atoms with Crippen LogP contribution in [0.5, 0.6) is 0 Å². The molecule has 2 aromatic heterocycles. The molecule has 0 saturated heterocycles. The predicted octanol–water partition coefficient (Wildman–Crippen LogP) is 3.32. The molecule has 0 spiro atoms. The van der Waals surface area contributed by atoms with E-state index in [0.29, 0.717) is 35.8 Å². The van der Waals surface area contributed by atoms with Gasteiger partial charge in [-0.3, -0.25) is 14.8 Å². The molecule has 28 heavy (non-hydrogen) atoms. The van der Waals surface area contributed by atoms with E-state index in [1.807, 2.05) is 25.3 Å². The smallest absolute Gasteiger partial charge is 0.337 e. The van der Waals surface area contributed by atoms with Gasteiger partial charge in [-0.2, -0.15) is 5.10 Å². The standard InChI is InChI=1S/C20H25N5O3/c1-6-8-24-17-12(3)9-14(19(27)28-5)11-15(17)21-20(24)22-18(26)16-10-13(4)23-25(16)7-2/h9-11H,6-8H2,1-5H3,(H,21,22,26). The van der Waals surface area contributed by atoms with Gasteiger partial charge in [0.05, 0.1) is 29.4 Å². The van der Waals surface area contributed by atoms with E-state index in [0.717, 1.165) is 23.2 Å². The van der Waals surface area contributed by atoms with Crippen molar-refractivity contribution in [2.75, 3.05) is 12.4 Å². The molecule has 1 amide bonds. The maximum Gasteiger partial charge on any atom is 0.337 e. The molecule has 0 atom stereocenters. The SMILES string of the molecule is CCCn1c(NC(=O)c2cc(C)nn2CC)nc2cc(C(=O)OC)cc(C)c21. The van der Waals surface area contributed by atoms with Crippen molar-refractivity contribution in [1.29, 1.82) is 0 Å². The second-order valence-electron chi connectivity index (χ2n) is 6.68. The van der Waals surface area contributed by atoms with Gasteiger partial charge in [0.1, 0.15) is 5.69 Å². The number of aryl methyl sites for hydroxylation is 4. The molecular weight excluding hydrogens is 358 g/mol. The molecule has 2 heterocycles. The van der Waals surface area contributed by atoms with Crippen LogP contribution in [0, 0.1) is 13.8 Å². The Morgan fingerprint density at radius 1 is 1.18 bits per heavy atom. The fraction of sp³-hybridized carbons (Fsp3) is 0.400. The molecule has 148 valence electrons. The number of carbonyl (C=O) groups excluding carboxylic acids is 2. The molecule has 0 saturated carbocycles. The van der Waals surface area contributed by atoms with Gasteiger partial charge in [-0.15, -0.1) is 0 Å². The number of amides is 1. The number of nitrogens with one attached hydrogen (secondary N) is 1. The van der Waals surface area contributed by atoms with E-state index < -0.39 is 5.97 Å². The van der Waals surface area contributed by atoms with E-state index in [-0.39, 0.29) is 5.91 Å². The maximum atomic E-state index is 12.8. The first-order chi connectivity index (χ1) is 13.4. The summed E-state index contributed by atoms with van der Waals surface area (Å²) < 4.78 is 8.46. The fourth-order valence-corrected chi connectivity index (χ4v) is 3.39. The van der Waals surface area contributed by atoms with E-state index >= 15 is 0 Å². The number of aromatic nitrogens is 4. The van der Waals surface area contributed by atoms with E-state index in [4.69, 9.17) is 4.74 Å². The van der Waals surface area contributed by atoms with Crippen LogP contribution in [0.2, 0.25) is 0 Å². The van der Waals surface area contributed by atoms with Crippen LogP contribution < -0.4 is 5.32 Å². The summed E-state index contributed by atoms with van der Waals surface area (Å²) >= 11 is 0. The van der Waals surface area contributed by atoms with Crippen LogP contribution in [0.1, 0.15) is 52.4 Å². The Bertz CT molecular complexity index is 1050. The third-order valence-electron chi connectivity index (χ3n) is 4.56. The van der Waals surface area contributed by atoms with E-state index in [9.17, 15) is 9.59 Å². The van der Waals surface area contributed by atoms with E-state index in [1.165, 1.54) is 7.11 Å². The minimum atomic E-state index is -0.414. The molecule has 8 heteroatoms. The summed E-state index contributed by atoms with van der Waals surface area (Å²) in [4.78, 5) is 29.4. The zero-order valence-corrected chi connectivity index (χ0v) is 16.9. The number of methoxy groups -OCH3 is 1. The number of anilines is 1. The van der Waals surface area contributed by atoms with Gasteiger partial charge in [-0.1, -0.05) is 6.92 Å². The lowest BCUT2D eigenvalue weighted by Crippen LogP contribution is -2.20. The Kier molecular flexibility index (Phi) is 5.48. The van der Waals surface area contributed by atoms with Crippen LogP contribution in [-0.2, 0) is 17.8 Å². The van der Waals surface area contributed by atoms with Gasteiger partial charge in [-0.05, 0) is 51.0 Å². The zero-order chi connectivity index (χ0) is 20.4. The summed E-state index contributed by atoms with van der Waals surface area (Å²) in [5.74, 6) is -0.225. The number of esters is 1. The van der Waals surface area contributed by atoms with Crippen molar-refractivity contribution in [3.8, 4) is 0 Å². The van der Waals surface area contributed by atoms with Crippen LogP contribution >= 0.6 is 0 Å². The first kappa shape index (κ1) is 19.6. The molecule has 0 aliphatic carbocycles. The average molecular weight is 383 g/mol. The van der Waals surface area contributed by atoms with Gasteiger partial charge in [0.25, 0.3) is 5.91 Å². The number of rotatable bonds is 6. The molecule has 0 unspecified atom stereocenters. The minimum absolute atomic E-state index is 0.263. The summed E-state index contributed by atoms with van der Waals surface area (Å²) in [5.41, 5.74) is 4.14. The van der Waals surface area contributed by atoms with E-state index in [1.54, 1.807) is 22.9 Å². The van der Waals surface area contributed by atoms with Crippen LogP contribution in [0.25, 0.3) is 11.0 Å². The highest BCUT2D eigenvalue weighted by atomic mass is 16.5. The second-order valence-corrected chi connectivity index (χ2v) is 6.68. The highest BCUT2D eigenvalue weighted by Gasteiger charge is 2.20. The zero-order valence-electron chi connectivity index (χ0n) is 16.9. The second kappa shape index (κ2) is 7.84. The molecule has 3 rings (SSSR count). The first-order valence-electron chi connectivity index (χ1n) is 9.34. The first-order valence-corrected chi connectivity index (χ1v) is 9.34. The van der Waals surface area contributed by atoms with Gasteiger partial charge in [0.2, 0.25) is 5.95 Å². The molecule has 0 aliphatic rings. The molecule has 1 N–H and O–H groups in total. The molecule has 1 aromatic carbocycles. The number of nitrogens with zero attached hydrogens (tertiary/aromatic N) is 4. The number of hydrogen-bond donors (Lipinski definition) is 1. The van der Waals surface area contributed by atoms with Crippen molar-refractivity contribution in [2.24, 2.45) is 0 Å². The van der Waals surface area contributed by atoms with Crippen molar-refractivity contribution < 1.29 is 14.3 Å². The maximum absolute atomic E-state index is 12.8. The number of carbonyl (C=O) groups is 2. The Morgan fingerprint density at radius 3 is 2.57 bits per heavy atom. The number of ether oxygens (including phenoxy) is 1. The topological polar surface area (TPSA) is 91.0 Å². The average Bonchev–Trinajstić information content (AvgIpc) is 3.21. The van der Waals surface area contributed by atoms with Crippen molar-refractivity contribution in [2.45, 2.75) is 47.2 Å². The van der Waals surface area contributed by atoms with Gasteiger partial charge >= 0.3 is 5.97 Å². The minimum Gasteiger partial charge on any atom is -0.465 e. The molecular formula is C20H25N5O3. The van der Waals surface area contributed by atoms with Crippen molar-refractivity contribution in [3.63, 3.8) is 0 Å². The lowest BCUT2D eigenvalue weighted by atomic mass is 10.1. The Balaban J connectivity index is 2.06. The fourth-order valence-electron chi connectivity index (χ4n) is 3.39. The highest BCUT2D eigenvalue weighted by molar-refractivity contribution is 6.03. The Labute approximate surface area is 163 Å². The monoisotopic (exact) mass is 383 g/mol. The molecule has 0 fully saturated rings. The number of hydrogen-bond acceptors (Lipinski definition) is 5. The van der Waals surface area contributed by atoms with Gasteiger partial charge < -0.3 is 9.30 Å². The van der Waals surface area contributed by atoms with Crippen LogP contribution in [-0.4, -0.2) is 38.3 Å². The summed E-state index contributed by atoms with van der Waals surface area (Å²) in [6.07, 6.45) is 0.874. The van der Waals surface area contributed by atoms with Crippen LogP contribution in [0.15, 0.2) is 18.2 Å². The molecule has 0 bridgehead atoms. The Hall–Kier alpha value is -3.16. The normalized spacial score (nSPS) is 11.0. The van der Waals surface area contributed by atoms with Crippen molar-refractivity contribution >= 4 is 28.9 Å². The summed E-state index contributed by atoms with van der Waals surface area (Å²) in [7, 11) is 1.35. The van der Waals surface area contributed by atoms with Crippen molar-refractivity contribution in [1.82, 2.24) is 19.3 Å². The summed E-state index contributed by atoms with van der Waals surface area (Å²) in [6, 6.07) is 5.23.